The number of nitrogens with zero attached hydrogens (tertiary/aromatic N) is 4. The van der Waals surface area contributed by atoms with Gasteiger partial charge in [-0.15, -0.1) is 62.7 Å². The Morgan fingerprint density at radius 2 is 1.28 bits per heavy atom. The molecule has 0 bridgehead atoms. The summed E-state index contributed by atoms with van der Waals surface area (Å²) in [7, 11) is 0. The number of rotatable bonds is 11. The van der Waals surface area contributed by atoms with Gasteiger partial charge in [-0.25, -0.2) is 0 Å². The zero-order valence-electron chi connectivity index (χ0n) is 33.3. The van der Waals surface area contributed by atoms with Crippen LogP contribution in [0, 0.1) is 30.2 Å². The molecule has 1 fully saturated rings. The Balaban J connectivity index is -0.000000108. The van der Waals surface area contributed by atoms with Crippen LogP contribution in [0.25, 0.3) is 0 Å². The van der Waals surface area contributed by atoms with Crippen LogP contribution in [0.1, 0.15) is 81.4 Å². The van der Waals surface area contributed by atoms with Crippen molar-refractivity contribution in [2.24, 2.45) is 5.73 Å². The standard InChI is InChI=1S/C9H11ClNS.C9H10NS.C7H8N3S.C6H5ClN.C4H9O.C3H6BrCl.CH4.K.4Y/c10-4-2-6-12-8-9-3-1-5-11-7-9;1-3-8(7-10-5-1)9-4-2-6-11-9;8-7(9)11-5-6-2-1-3-10-4-6;7-4-6-2-1-3-8-5-6;1-4(2,3)5;4-2-1-3-5;;;;;;/h1,3,7H,2,4,6,8H2;1,3,7,9H,2,4,6H2;1-2,4H,5H2,(H3,8,9);1-2,5H,4H2;1-3H3;1-3H2;1H4;;;;;/q5*-1;;;+1;;;;. The first kappa shape index (κ1) is 76.7. The van der Waals surface area contributed by atoms with Gasteiger partial charge in [0, 0.05) is 165 Å². The number of nitrogens with two attached hydrogens (primary N) is 1. The first-order chi connectivity index (χ1) is 25.0. The Morgan fingerprint density at radius 3 is 1.59 bits per heavy atom. The maximum absolute atomic E-state index is 10.1. The molecular weight excluding hydrogens is 1250 g/mol. The summed E-state index contributed by atoms with van der Waals surface area (Å²) < 4.78 is 0. The molecule has 3 N–H and O–H groups in total. The molecule has 4 radical (unpaired) electrons. The zero-order chi connectivity index (χ0) is 38.7. The first-order valence-electron chi connectivity index (χ1n) is 16.4. The van der Waals surface area contributed by atoms with E-state index in [1.54, 1.807) is 45.3 Å². The van der Waals surface area contributed by atoms with Crippen molar-refractivity contribution in [3.8, 4) is 0 Å². The number of aromatic nitrogens is 4. The molecule has 308 valence electrons. The van der Waals surface area contributed by atoms with E-state index < -0.39 is 5.60 Å². The van der Waals surface area contributed by atoms with E-state index in [2.05, 4.69) is 66.7 Å². The molecule has 58 heavy (non-hydrogen) atoms. The Morgan fingerprint density at radius 1 is 0.828 bits per heavy atom. The zero-order valence-corrected chi connectivity index (χ0v) is 54.1. The molecular formula is C39H53BrCl3KN6OS3Y4-4. The van der Waals surface area contributed by atoms with Crippen LogP contribution in [0.2, 0.25) is 0 Å². The van der Waals surface area contributed by atoms with Gasteiger partial charge in [-0.2, -0.15) is 72.1 Å². The number of nitrogens with one attached hydrogen (secondary N) is 1. The number of amidine groups is 1. The van der Waals surface area contributed by atoms with E-state index in [-0.39, 0.29) is 195 Å². The Labute approximate surface area is 530 Å². The maximum atomic E-state index is 10.1. The monoisotopic (exact) mass is 1300 g/mol. The summed E-state index contributed by atoms with van der Waals surface area (Å²) in [6.07, 6.45) is 22.9. The molecule has 7 nitrogen and oxygen atoms in total. The van der Waals surface area contributed by atoms with E-state index >= 15 is 0 Å². The SMILES string of the molecule is C.CC(C)(C)[O-].ClCCCBr.ClCCCSCc1cc[c-]nc1.ClCc1cc[c-]nc1.N=C(N)SCc1cc[c-]nc1.[K+].[Y].[Y].[Y].[Y].[c-]1ccc(C2CCCS2)cn1. The molecule has 1 atom stereocenters. The van der Waals surface area contributed by atoms with Gasteiger partial charge in [0.05, 0.1) is 0 Å². The van der Waals surface area contributed by atoms with Gasteiger partial charge in [-0.1, -0.05) is 105 Å². The number of alkyl halides is 4. The van der Waals surface area contributed by atoms with Crippen molar-refractivity contribution >= 4 is 91.2 Å². The number of pyridine rings is 4. The van der Waals surface area contributed by atoms with E-state index in [1.807, 2.05) is 66.2 Å². The quantitative estimate of drug-likeness (QED) is 0.0390. The second-order valence-corrected chi connectivity index (χ2v) is 16.6. The normalized spacial score (nSPS) is 11.4. The largest absolute Gasteiger partial charge is 1.00 e. The topological polar surface area (TPSA) is 124 Å². The minimum Gasteiger partial charge on any atom is -0.850 e. The molecule has 1 saturated heterocycles. The number of hydrogen-bond donors (Lipinski definition) is 2. The van der Waals surface area contributed by atoms with Crippen molar-refractivity contribution in [3.63, 3.8) is 0 Å². The van der Waals surface area contributed by atoms with Crippen molar-refractivity contribution in [3.05, 3.63) is 120 Å². The Hall–Kier alpha value is 4.48. The molecule has 0 amide bonds. The number of thioether (sulfide) groups is 3. The number of halogens is 4. The molecule has 0 aliphatic carbocycles. The molecule has 0 spiro atoms. The van der Waals surface area contributed by atoms with E-state index in [9.17, 15) is 5.11 Å². The average Bonchev–Trinajstić information content (AvgIpc) is 3.71. The fourth-order valence-electron chi connectivity index (χ4n) is 3.22. The molecule has 0 aromatic carbocycles. The summed E-state index contributed by atoms with van der Waals surface area (Å²) in [4.78, 5) is 15.5. The van der Waals surface area contributed by atoms with Crippen molar-refractivity contribution in [2.45, 2.75) is 82.1 Å². The van der Waals surface area contributed by atoms with E-state index in [1.165, 1.54) is 41.5 Å². The fourth-order valence-corrected chi connectivity index (χ4v) is 7.08. The molecule has 5 heterocycles. The van der Waals surface area contributed by atoms with Gasteiger partial charge in [0.15, 0.2) is 5.17 Å². The second-order valence-electron chi connectivity index (χ2n) is 11.3. The Bertz CT molecular complexity index is 1370. The molecule has 4 aromatic rings. The van der Waals surface area contributed by atoms with Crippen LogP contribution in [-0.2, 0) is 148 Å². The summed E-state index contributed by atoms with van der Waals surface area (Å²) in [5, 5.41) is 18.9. The molecule has 1 unspecified atom stereocenters. The third-order valence-electron chi connectivity index (χ3n) is 5.48. The predicted molar refractivity (Wildman–Crippen MR) is 237 cm³/mol. The van der Waals surface area contributed by atoms with Gasteiger partial charge in [0.1, 0.15) is 0 Å². The van der Waals surface area contributed by atoms with Gasteiger partial charge < -0.3 is 30.8 Å². The molecule has 4 aromatic heterocycles. The summed E-state index contributed by atoms with van der Waals surface area (Å²) in [5.74, 6) is 6.22. The van der Waals surface area contributed by atoms with Gasteiger partial charge in [-0.3, -0.25) is 5.41 Å². The van der Waals surface area contributed by atoms with Gasteiger partial charge >= 0.3 is 51.4 Å². The molecule has 1 aliphatic rings. The van der Waals surface area contributed by atoms with Crippen LogP contribution in [0.4, 0.5) is 0 Å². The van der Waals surface area contributed by atoms with E-state index in [0.717, 1.165) is 52.6 Å². The summed E-state index contributed by atoms with van der Waals surface area (Å²) in [6.45, 7) is 4.90. The van der Waals surface area contributed by atoms with Crippen molar-refractivity contribution in [1.82, 2.24) is 19.9 Å². The predicted octanol–water partition coefficient (Wildman–Crippen LogP) is 7.61. The van der Waals surface area contributed by atoms with Crippen molar-refractivity contribution in [2.75, 3.05) is 28.6 Å². The summed E-state index contributed by atoms with van der Waals surface area (Å²) in [5.41, 5.74) is 9.12. The molecule has 19 heteroatoms. The molecule has 5 rings (SSSR count). The minimum absolute atomic E-state index is 0. The fraction of sp³-hybridized carbons (Fsp3) is 0.462. The summed E-state index contributed by atoms with van der Waals surface area (Å²) >= 11 is 24.7. The smallest absolute Gasteiger partial charge is 0.850 e. The van der Waals surface area contributed by atoms with Crippen LogP contribution in [0.15, 0.2) is 73.3 Å². The first-order valence-corrected chi connectivity index (χ1v) is 22.3. The van der Waals surface area contributed by atoms with Crippen molar-refractivity contribution < 1.29 is 187 Å². The van der Waals surface area contributed by atoms with Crippen LogP contribution in [0.3, 0.4) is 0 Å². The third kappa shape index (κ3) is 54.8. The second kappa shape index (κ2) is 55.8. The van der Waals surface area contributed by atoms with Crippen LogP contribution in [-0.4, -0.2) is 59.3 Å². The van der Waals surface area contributed by atoms with Crippen LogP contribution >= 0.6 is 86.0 Å². The maximum Gasteiger partial charge on any atom is 1.00 e. The Kier molecular flexibility index (Phi) is 73.8. The third-order valence-corrected chi connectivity index (χ3v) is 10.2. The summed E-state index contributed by atoms with van der Waals surface area (Å²) in [6, 6.07) is 15.2. The van der Waals surface area contributed by atoms with Gasteiger partial charge in [-0.05, 0) is 42.9 Å². The molecule has 1 aliphatic heterocycles. The van der Waals surface area contributed by atoms with Gasteiger partial charge in [0.2, 0.25) is 0 Å². The van der Waals surface area contributed by atoms with Gasteiger partial charge in [0.25, 0.3) is 0 Å². The van der Waals surface area contributed by atoms with E-state index in [0.29, 0.717) is 16.9 Å². The minimum atomic E-state index is -0.750. The van der Waals surface area contributed by atoms with E-state index in [4.69, 9.17) is 45.9 Å². The molecule has 0 saturated carbocycles. The van der Waals surface area contributed by atoms with Crippen molar-refractivity contribution in [1.29, 1.82) is 5.41 Å². The average molecular weight is 1300 g/mol. The van der Waals surface area contributed by atoms with Crippen LogP contribution < -0.4 is 62.2 Å². The number of hydrogen-bond acceptors (Lipinski definition) is 9. The van der Waals surface area contributed by atoms with Crippen LogP contribution in [0.5, 0.6) is 0 Å².